The van der Waals surface area contributed by atoms with Gasteiger partial charge in [-0.25, -0.2) is 4.79 Å². The number of carbonyl (C=O) groups is 2. The summed E-state index contributed by atoms with van der Waals surface area (Å²) in [5, 5.41) is 12.4. The third kappa shape index (κ3) is 8.23. The van der Waals surface area contributed by atoms with Crippen LogP contribution in [0, 0.1) is 6.92 Å². The maximum Gasteiger partial charge on any atom is 0.326 e. The highest BCUT2D eigenvalue weighted by Crippen LogP contribution is 2.32. The molecule has 0 saturated carbocycles. The smallest absolute Gasteiger partial charge is 0.326 e. The number of aryl methyl sites for hydroxylation is 3. The van der Waals surface area contributed by atoms with Gasteiger partial charge in [-0.1, -0.05) is 68.3 Å². The van der Waals surface area contributed by atoms with Gasteiger partial charge in [0.25, 0.3) is 5.91 Å². The molecule has 1 aliphatic rings. The zero-order valence-electron chi connectivity index (χ0n) is 24.6. The first-order valence-corrected chi connectivity index (χ1v) is 16.3. The summed E-state index contributed by atoms with van der Waals surface area (Å²) in [4.78, 5) is 25.2. The van der Waals surface area contributed by atoms with Gasteiger partial charge in [0.1, 0.15) is 6.04 Å². The molecule has 218 valence electrons. The molecule has 2 N–H and O–H groups in total. The van der Waals surface area contributed by atoms with Crippen molar-refractivity contribution in [1.29, 1.82) is 0 Å². The lowest BCUT2D eigenvalue weighted by molar-refractivity contribution is -0.139. The first-order valence-electron chi connectivity index (χ1n) is 14.9. The Morgan fingerprint density at radius 2 is 1.76 bits per heavy atom. The van der Waals surface area contributed by atoms with Gasteiger partial charge in [-0.05, 0) is 109 Å². The van der Waals surface area contributed by atoms with Gasteiger partial charge < -0.3 is 15.2 Å². The second kappa shape index (κ2) is 15.2. The van der Waals surface area contributed by atoms with Crippen LogP contribution in [0.25, 0.3) is 11.1 Å². The lowest BCUT2D eigenvalue weighted by Crippen LogP contribution is -2.41. The number of aliphatic carboxylic acids is 1. The molecular weight excluding hydrogens is 530 g/mol. The highest BCUT2D eigenvalue weighted by Gasteiger charge is 2.23. The molecule has 3 aromatic carbocycles. The predicted octanol–water partition coefficient (Wildman–Crippen LogP) is 7.93. The van der Waals surface area contributed by atoms with E-state index in [1.165, 1.54) is 36.0 Å². The summed E-state index contributed by atoms with van der Waals surface area (Å²) in [6.45, 7) is 4.66. The average molecular weight is 574 g/mol. The van der Waals surface area contributed by atoms with Crippen molar-refractivity contribution >= 4 is 23.6 Å². The number of fused-ring (bicyclic) bond motifs is 1. The highest BCUT2D eigenvalue weighted by atomic mass is 32.2. The molecule has 5 nitrogen and oxygen atoms in total. The average Bonchev–Trinajstić information content (AvgIpc) is 2.99. The van der Waals surface area contributed by atoms with Gasteiger partial charge in [0.2, 0.25) is 0 Å². The number of nitrogens with one attached hydrogen (secondary N) is 1. The summed E-state index contributed by atoms with van der Waals surface area (Å²) in [5.41, 5.74) is 8.43. The zero-order valence-corrected chi connectivity index (χ0v) is 25.4. The maximum atomic E-state index is 13.4. The van der Waals surface area contributed by atoms with E-state index in [9.17, 15) is 14.7 Å². The van der Waals surface area contributed by atoms with E-state index in [2.05, 4.69) is 30.4 Å². The zero-order chi connectivity index (χ0) is 29.2. The first-order chi connectivity index (χ1) is 19.9. The number of benzene rings is 3. The van der Waals surface area contributed by atoms with E-state index < -0.39 is 12.0 Å². The van der Waals surface area contributed by atoms with Crippen molar-refractivity contribution in [2.24, 2.45) is 0 Å². The molecule has 0 radical (unpaired) electrons. The van der Waals surface area contributed by atoms with E-state index >= 15 is 0 Å². The van der Waals surface area contributed by atoms with Gasteiger partial charge in [-0.2, -0.15) is 11.8 Å². The molecule has 6 heteroatoms. The Bertz CT molecular complexity index is 1340. The van der Waals surface area contributed by atoms with Crippen molar-refractivity contribution < 1.29 is 19.4 Å². The molecule has 0 aromatic heterocycles. The highest BCUT2D eigenvalue weighted by molar-refractivity contribution is 7.98. The topological polar surface area (TPSA) is 75.6 Å². The summed E-state index contributed by atoms with van der Waals surface area (Å²) in [6, 6.07) is 19.7. The van der Waals surface area contributed by atoms with Crippen LogP contribution < -0.4 is 5.32 Å². The number of carboxylic acid groups (broad SMARTS) is 1. The van der Waals surface area contributed by atoms with Gasteiger partial charge >= 0.3 is 5.97 Å². The third-order valence-electron chi connectivity index (χ3n) is 7.99. The summed E-state index contributed by atoms with van der Waals surface area (Å²) in [6.07, 6.45) is 10.3. The molecule has 0 aliphatic heterocycles. The number of thioether (sulfide) groups is 1. The molecule has 41 heavy (non-hydrogen) atoms. The third-order valence-corrected chi connectivity index (χ3v) is 8.64. The number of hydrogen-bond acceptors (Lipinski definition) is 4. The Balaban J connectivity index is 1.60. The number of ether oxygens (including phenoxy) is 1. The van der Waals surface area contributed by atoms with E-state index in [4.69, 9.17) is 4.74 Å². The van der Waals surface area contributed by atoms with Gasteiger partial charge in [-0.15, -0.1) is 0 Å². The predicted molar refractivity (Wildman–Crippen MR) is 169 cm³/mol. The summed E-state index contributed by atoms with van der Waals surface area (Å²) >= 11 is 1.56. The minimum Gasteiger partial charge on any atom is -0.480 e. The van der Waals surface area contributed by atoms with Crippen LogP contribution in [0.3, 0.4) is 0 Å². The standard InChI is InChI=1S/C35H43NO4S/c1-4-5-14-33(28-17-16-26-11-7-8-12-27(26)22-28)40-23-25-15-18-30(31(21-25)29-13-9-6-10-24(29)2)34(37)36-32(35(38)39)19-20-41-3/h6,9-10,13,15-18,21-22,32-33H,4-5,7-8,11-12,14,19-20,23H2,1-3H3,(H,36,37)(H,38,39)/t32-,33+/m0/s1. The van der Waals surface area contributed by atoms with Crippen molar-refractivity contribution in [2.75, 3.05) is 12.0 Å². The van der Waals surface area contributed by atoms with Crippen molar-refractivity contribution in [1.82, 2.24) is 5.32 Å². The van der Waals surface area contributed by atoms with E-state index in [1.807, 2.05) is 55.6 Å². The normalized spacial score (nSPS) is 14.2. The summed E-state index contributed by atoms with van der Waals surface area (Å²) in [7, 11) is 0. The molecule has 1 aliphatic carbocycles. The number of amides is 1. The molecule has 0 unspecified atom stereocenters. The van der Waals surface area contributed by atoms with E-state index in [0.29, 0.717) is 24.3 Å². The molecule has 4 rings (SSSR count). The SMILES string of the molecule is CCCC[C@@H](OCc1ccc(C(=O)N[C@@H](CCSC)C(=O)O)c(-c2ccccc2C)c1)c1ccc2c(c1)CCCC2. The number of carbonyl (C=O) groups excluding carboxylic acids is 1. The Hall–Kier alpha value is -3.09. The number of unbranched alkanes of at least 4 members (excludes halogenated alkanes) is 1. The Morgan fingerprint density at radius 1 is 0.976 bits per heavy atom. The van der Waals surface area contributed by atoms with Crippen LogP contribution in [0.5, 0.6) is 0 Å². The van der Waals surface area contributed by atoms with Crippen LogP contribution in [0.2, 0.25) is 0 Å². The van der Waals surface area contributed by atoms with Crippen LogP contribution in [-0.2, 0) is 29.0 Å². The van der Waals surface area contributed by atoms with Crippen LogP contribution in [0.1, 0.15) is 89.7 Å². The second-order valence-electron chi connectivity index (χ2n) is 11.0. The largest absolute Gasteiger partial charge is 0.480 e. The second-order valence-corrected chi connectivity index (χ2v) is 12.0. The van der Waals surface area contributed by atoms with Crippen LogP contribution in [-0.4, -0.2) is 35.0 Å². The number of rotatable bonds is 14. The molecule has 2 atom stereocenters. The molecule has 0 bridgehead atoms. The number of carboxylic acids is 1. The molecule has 0 heterocycles. The van der Waals surface area contributed by atoms with Crippen LogP contribution >= 0.6 is 11.8 Å². The van der Waals surface area contributed by atoms with E-state index in [0.717, 1.165) is 47.9 Å². The minimum absolute atomic E-state index is 0.0137. The van der Waals surface area contributed by atoms with Crippen molar-refractivity contribution in [2.45, 2.75) is 84.0 Å². The van der Waals surface area contributed by atoms with Gasteiger partial charge in [-0.3, -0.25) is 4.79 Å². The van der Waals surface area contributed by atoms with Gasteiger partial charge in [0.05, 0.1) is 12.7 Å². The Labute approximate surface area is 249 Å². The van der Waals surface area contributed by atoms with E-state index in [-0.39, 0.29) is 12.0 Å². The van der Waals surface area contributed by atoms with Crippen LogP contribution in [0.4, 0.5) is 0 Å². The summed E-state index contributed by atoms with van der Waals surface area (Å²) < 4.78 is 6.59. The lowest BCUT2D eigenvalue weighted by Gasteiger charge is -2.23. The monoisotopic (exact) mass is 573 g/mol. The fraction of sp³-hybridized carbons (Fsp3) is 0.429. The molecular formula is C35H43NO4S. The Morgan fingerprint density at radius 3 is 2.49 bits per heavy atom. The fourth-order valence-electron chi connectivity index (χ4n) is 5.59. The quantitative estimate of drug-likeness (QED) is 0.205. The molecule has 0 fully saturated rings. The van der Waals surface area contributed by atoms with Crippen molar-refractivity contribution in [3.05, 3.63) is 94.0 Å². The maximum absolute atomic E-state index is 13.4. The minimum atomic E-state index is -1.02. The van der Waals surface area contributed by atoms with Gasteiger partial charge in [0, 0.05) is 5.56 Å². The molecule has 3 aromatic rings. The fourth-order valence-corrected chi connectivity index (χ4v) is 6.06. The van der Waals surface area contributed by atoms with Gasteiger partial charge in [0.15, 0.2) is 0 Å². The van der Waals surface area contributed by atoms with E-state index in [1.54, 1.807) is 11.8 Å². The lowest BCUT2D eigenvalue weighted by atomic mass is 9.89. The van der Waals surface area contributed by atoms with Crippen molar-refractivity contribution in [3.8, 4) is 11.1 Å². The Kier molecular flexibility index (Phi) is 11.5. The van der Waals surface area contributed by atoms with Crippen LogP contribution in [0.15, 0.2) is 60.7 Å². The van der Waals surface area contributed by atoms with Crippen molar-refractivity contribution in [3.63, 3.8) is 0 Å². The first kappa shape index (κ1) is 30.9. The summed E-state index contributed by atoms with van der Waals surface area (Å²) in [5.74, 6) is -0.740. The molecule has 0 spiro atoms. The molecule has 1 amide bonds. The molecule has 0 saturated heterocycles. The number of hydrogen-bond donors (Lipinski definition) is 2.